The average Bonchev–Trinajstić information content (AvgIpc) is 2.69. The van der Waals surface area contributed by atoms with E-state index in [1.165, 1.54) is 25.7 Å². The molecular formula is C24H40O4. The monoisotopic (exact) mass is 392 g/mol. The number of carbonyl (C=O) groups is 1. The highest BCUT2D eigenvalue weighted by Gasteiger charge is 2.11. The summed E-state index contributed by atoms with van der Waals surface area (Å²) in [5, 5.41) is 17.7. The van der Waals surface area contributed by atoms with Gasteiger partial charge in [-0.3, -0.25) is 4.79 Å². The molecule has 2 N–H and O–H groups in total. The van der Waals surface area contributed by atoms with E-state index in [9.17, 15) is 4.79 Å². The molecule has 28 heavy (non-hydrogen) atoms. The van der Waals surface area contributed by atoms with Crippen molar-refractivity contribution in [3.05, 3.63) is 48.6 Å². The summed E-state index contributed by atoms with van der Waals surface area (Å²) in [5.74, 6) is -0.0102. The molecule has 0 aromatic carbocycles. The maximum absolute atomic E-state index is 11.5. The van der Waals surface area contributed by atoms with Crippen LogP contribution in [0.25, 0.3) is 0 Å². The van der Waals surface area contributed by atoms with Gasteiger partial charge in [-0.1, -0.05) is 75.3 Å². The fraction of sp³-hybridized carbons (Fsp3) is 0.625. The molecular weight excluding hydrogens is 352 g/mol. The lowest BCUT2D eigenvalue weighted by Crippen LogP contribution is -2.25. The Balaban J connectivity index is 3.74. The lowest BCUT2D eigenvalue weighted by atomic mass is 10.1. The Hall–Kier alpha value is -1.65. The molecule has 0 aromatic rings. The highest BCUT2D eigenvalue weighted by Crippen LogP contribution is 2.06. The molecule has 0 saturated carbocycles. The third-order valence-corrected chi connectivity index (χ3v) is 4.19. The number of esters is 1. The van der Waals surface area contributed by atoms with Gasteiger partial charge in [0.2, 0.25) is 0 Å². The fourth-order valence-corrected chi connectivity index (χ4v) is 2.49. The van der Waals surface area contributed by atoms with Crippen molar-refractivity contribution in [2.75, 3.05) is 13.2 Å². The molecule has 0 radical (unpaired) electrons. The molecule has 4 nitrogen and oxygen atoms in total. The number of hydrogen-bond acceptors (Lipinski definition) is 4. The van der Waals surface area contributed by atoms with Gasteiger partial charge in [-0.05, 0) is 44.4 Å². The molecule has 1 atom stereocenters. The zero-order valence-electron chi connectivity index (χ0n) is 17.8. The van der Waals surface area contributed by atoms with E-state index in [0.29, 0.717) is 18.8 Å². The molecule has 0 aliphatic heterocycles. The largest absolute Gasteiger partial charge is 0.457 e. The van der Waals surface area contributed by atoms with Crippen LogP contribution in [0.4, 0.5) is 0 Å². The highest BCUT2D eigenvalue weighted by atomic mass is 16.6. The minimum Gasteiger partial charge on any atom is -0.457 e. The second-order valence-electron chi connectivity index (χ2n) is 6.99. The third kappa shape index (κ3) is 17.7. The Morgan fingerprint density at radius 3 is 2.14 bits per heavy atom. The van der Waals surface area contributed by atoms with Gasteiger partial charge >= 0.3 is 5.97 Å². The molecule has 0 saturated heterocycles. The molecule has 0 heterocycles. The average molecular weight is 393 g/mol. The lowest BCUT2D eigenvalue weighted by molar-refractivity contribution is -0.153. The van der Waals surface area contributed by atoms with Crippen molar-refractivity contribution in [3.8, 4) is 0 Å². The summed E-state index contributed by atoms with van der Waals surface area (Å²) in [6.45, 7) is 3.66. The molecule has 0 aromatic heterocycles. The Morgan fingerprint density at radius 1 is 0.857 bits per heavy atom. The van der Waals surface area contributed by atoms with Gasteiger partial charge in [-0.25, -0.2) is 0 Å². The second-order valence-corrected chi connectivity index (χ2v) is 6.99. The van der Waals surface area contributed by atoms with Crippen LogP contribution in [-0.2, 0) is 9.53 Å². The molecule has 0 spiro atoms. The molecule has 0 aliphatic carbocycles. The van der Waals surface area contributed by atoms with Gasteiger partial charge in [0.1, 0.15) is 6.10 Å². The van der Waals surface area contributed by atoms with Crippen LogP contribution in [0, 0.1) is 5.92 Å². The molecule has 0 bridgehead atoms. The Labute approximate surface area is 171 Å². The Bertz CT molecular complexity index is 473. The standard InChI is InChI=1S/C24H40O4/c1-3-4-5-6-7-8-9-10-11-12-14-17-22(2)18-15-13-16-19-24(27)28-23(20-25)21-26/h7-8,10-11,14-15,17-18,22-23,25-26H,3-6,9,12-13,16,19-21H2,1-2H3/b8-7-,11-10-,17-14-,18-15-/t22-/m1/s1. The van der Waals surface area contributed by atoms with Gasteiger partial charge in [-0.2, -0.15) is 0 Å². The van der Waals surface area contributed by atoms with Crippen LogP contribution in [0.2, 0.25) is 0 Å². The topological polar surface area (TPSA) is 66.8 Å². The summed E-state index contributed by atoms with van der Waals surface area (Å²) in [6, 6.07) is 0. The van der Waals surface area contributed by atoms with Crippen molar-refractivity contribution < 1.29 is 19.7 Å². The molecule has 0 unspecified atom stereocenters. The number of rotatable bonds is 17. The van der Waals surface area contributed by atoms with Gasteiger partial charge < -0.3 is 14.9 Å². The van der Waals surface area contributed by atoms with Crippen molar-refractivity contribution in [1.29, 1.82) is 0 Å². The van der Waals surface area contributed by atoms with E-state index in [2.05, 4.69) is 62.5 Å². The van der Waals surface area contributed by atoms with E-state index in [1.807, 2.05) is 0 Å². The third-order valence-electron chi connectivity index (χ3n) is 4.19. The lowest BCUT2D eigenvalue weighted by Gasteiger charge is -2.11. The van der Waals surface area contributed by atoms with Gasteiger partial charge in [-0.15, -0.1) is 0 Å². The van der Waals surface area contributed by atoms with E-state index in [-0.39, 0.29) is 19.2 Å². The molecule has 4 heteroatoms. The van der Waals surface area contributed by atoms with Gasteiger partial charge in [0, 0.05) is 6.42 Å². The van der Waals surface area contributed by atoms with Crippen molar-refractivity contribution in [2.24, 2.45) is 5.92 Å². The number of aliphatic hydroxyl groups is 2. The molecule has 160 valence electrons. The first kappa shape index (κ1) is 26.4. The smallest absolute Gasteiger partial charge is 0.306 e. The number of aliphatic hydroxyl groups excluding tert-OH is 2. The quantitative estimate of drug-likeness (QED) is 0.201. The summed E-state index contributed by atoms with van der Waals surface area (Å²) in [4.78, 5) is 11.5. The second kappa shape index (κ2) is 20.1. The predicted octanol–water partition coefficient (Wildman–Crippen LogP) is 5.27. The van der Waals surface area contributed by atoms with Gasteiger partial charge in [0.15, 0.2) is 0 Å². The summed E-state index contributed by atoms with van der Waals surface area (Å²) < 4.78 is 4.91. The van der Waals surface area contributed by atoms with Crippen LogP contribution in [-0.4, -0.2) is 35.5 Å². The predicted molar refractivity (Wildman–Crippen MR) is 117 cm³/mol. The van der Waals surface area contributed by atoms with Crippen LogP contribution in [0.3, 0.4) is 0 Å². The van der Waals surface area contributed by atoms with Crippen molar-refractivity contribution in [3.63, 3.8) is 0 Å². The zero-order chi connectivity index (χ0) is 20.9. The van der Waals surface area contributed by atoms with Crippen LogP contribution >= 0.6 is 0 Å². The first-order valence-electron chi connectivity index (χ1n) is 10.7. The zero-order valence-corrected chi connectivity index (χ0v) is 17.8. The maximum Gasteiger partial charge on any atom is 0.306 e. The molecule has 0 fully saturated rings. The van der Waals surface area contributed by atoms with E-state index in [4.69, 9.17) is 14.9 Å². The summed E-state index contributed by atoms with van der Waals surface area (Å²) in [6.07, 6.45) is 25.5. The van der Waals surface area contributed by atoms with Crippen molar-refractivity contribution >= 4 is 5.97 Å². The first-order chi connectivity index (χ1) is 13.6. The minimum absolute atomic E-state index is 0.295. The molecule has 0 amide bonds. The Kier molecular flexibility index (Phi) is 18.9. The van der Waals surface area contributed by atoms with E-state index < -0.39 is 6.10 Å². The summed E-state index contributed by atoms with van der Waals surface area (Å²) in [5.41, 5.74) is 0. The van der Waals surface area contributed by atoms with Crippen LogP contribution in [0.5, 0.6) is 0 Å². The Morgan fingerprint density at radius 2 is 1.46 bits per heavy atom. The van der Waals surface area contributed by atoms with Crippen molar-refractivity contribution in [1.82, 2.24) is 0 Å². The van der Waals surface area contributed by atoms with Crippen LogP contribution < -0.4 is 0 Å². The van der Waals surface area contributed by atoms with E-state index >= 15 is 0 Å². The normalized spacial score (nSPS) is 13.6. The van der Waals surface area contributed by atoms with Gasteiger partial charge in [0.25, 0.3) is 0 Å². The number of hydrogen-bond donors (Lipinski definition) is 2. The first-order valence-corrected chi connectivity index (χ1v) is 10.7. The summed E-state index contributed by atoms with van der Waals surface area (Å²) >= 11 is 0. The number of allylic oxidation sites excluding steroid dienone is 8. The molecule has 0 aliphatic rings. The number of unbranched alkanes of at least 4 members (excludes halogenated alkanes) is 4. The highest BCUT2D eigenvalue weighted by molar-refractivity contribution is 5.69. The van der Waals surface area contributed by atoms with Crippen LogP contribution in [0.15, 0.2) is 48.6 Å². The van der Waals surface area contributed by atoms with Crippen molar-refractivity contribution in [2.45, 2.75) is 77.7 Å². The van der Waals surface area contributed by atoms with E-state index in [0.717, 1.165) is 19.3 Å². The number of carbonyl (C=O) groups excluding carboxylic acids is 1. The minimum atomic E-state index is -0.802. The van der Waals surface area contributed by atoms with Gasteiger partial charge in [0.05, 0.1) is 13.2 Å². The molecule has 0 rings (SSSR count). The fourth-order valence-electron chi connectivity index (χ4n) is 2.49. The van der Waals surface area contributed by atoms with Crippen LogP contribution in [0.1, 0.15) is 71.6 Å². The summed E-state index contributed by atoms with van der Waals surface area (Å²) in [7, 11) is 0. The van der Waals surface area contributed by atoms with E-state index in [1.54, 1.807) is 0 Å². The SMILES string of the molecule is CCCCC/C=C\C/C=C\C/C=C\[C@@H](C)/C=C\CCCC(=O)OC(CO)CO. The number of ether oxygens (including phenoxy) is 1. The maximum atomic E-state index is 11.5.